The van der Waals surface area contributed by atoms with Crippen molar-refractivity contribution >= 4 is 11.6 Å². The zero-order valence-electron chi connectivity index (χ0n) is 20.8. The van der Waals surface area contributed by atoms with Crippen molar-refractivity contribution in [2.24, 2.45) is 0 Å². The molecular formula is C29H36O6. The van der Waals surface area contributed by atoms with Gasteiger partial charge in [-0.15, -0.1) is 0 Å². The molecule has 2 aromatic rings. The van der Waals surface area contributed by atoms with Crippen molar-refractivity contribution in [1.29, 1.82) is 0 Å². The number of carbonyl (C=O) groups excluding carboxylic acids is 2. The molecule has 0 aliphatic heterocycles. The highest BCUT2D eigenvalue weighted by Gasteiger charge is 2.15. The van der Waals surface area contributed by atoms with Gasteiger partial charge in [0.1, 0.15) is 24.7 Å². The Morgan fingerprint density at radius 1 is 0.743 bits per heavy atom. The van der Waals surface area contributed by atoms with Gasteiger partial charge in [-0.3, -0.25) is 9.59 Å². The first-order valence-corrected chi connectivity index (χ1v) is 11.8. The molecule has 0 bridgehead atoms. The van der Waals surface area contributed by atoms with Gasteiger partial charge in [0.15, 0.2) is 11.6 Å². The monoisotopic (exact) mass is 480 g/mol. The van der Waals surface area contributed by atoms with E-state index in [1.807, 2.05) is 48.5 Å². The quantitative estimate of drug-likeness (QED) is 0.357. The third-order valence-corrected chi connectivity index (χ3v) is 5.65. The van der Waals surface area contributed by atoms with Crippen molar-refractivity contribution in [1.82, 2.24) is 0 Å². The molecule has 0 aliphatic rings. The van der Waals surface area contributed by atoms with Gasteiger partial charge >= 0.3 is 0 Å². The van der Waals surface area contributed by atoms with Gasteiger partial charge < -0.3 is 19.7 Å². The van der Waals surface area contributed by atoms with Crippen molar-refractivity contribution in [2.75, 3.05) is 13.2 Å². The minimum absolute atomic E-state index is 0.00336. The Hall–Kier alpha value is -3.22. The highest BCUT2D eigenvalue weighted by atomic mass is 16.5. The van der Waals surface area contributed by atoms with Crippen LogP contribution < -0.4 is 9.47 Å². The predicted octanol–water partition coefficient (Wildman–Crippen LogP) is 4.78. The number of hydrogen-bond acceptors (Lipinski definition) is 6. The van der Waals surface area contributed by atoms with E-state index in [4.69, 9.17) is 9.47 Å². The number of ether oxygens (including phenoxy) is 2. The average Bonchev–Trinajstić information content (AvgIpc) is 2.83. The largest absolute Gasteiger partial charge is 0.491 e. The van der Waals surface area contributed by atoms with Crippen LogP contribution in [0.1, 0.15) is 57.1 Å². The fraction of sp³-hybridized carbons (Fsp3) is 0.379. The van der Waals surface area contributed by atoms with Gasteiger partial charge in [0.05, 0.1) is 12.2 Å². The Morgan fingerprint density at radius 3 is 1.37 bits per heavy atom. The number of benzene rings is 2. The second kappa shape index (κ2) is 13.6. The van der Waals surface area contributed by atoms with Crippen LogP contribution in [0.3, 0.4) is 0 Å². The van der Waals surface area contributed by atoms with E-state index in [1.165, 1.54) is 0 Å². The molecule has 2 rings (SSSR count). The van der Waals surface area contributed by atoms with Gasteiger partial charge in [-0.1, -0.05) is 44.3 Å². The van der Waals surface area contributed by atoms with Gasteiger partial charge in [-0.25, -0.2) is 0 Å². The molecule has 188 valence electrons. The molecule has 2 aromatic carbocycles. The van der Waals surface area contributed by atoms with Crippen LogP contribution in [0.15, 0.2) is 72.8 Å². The van der Waals surface area contributed by atoms with Crippen LogP contribution in [0.4, 0.5) is 0 Å². The van der Waals surface area contributed by atoms with Gasteiger partial charge in [0.2, 0.25) is 0 Å². The summed E-state index contributed by atoms with van der Waals surface area (Å²) in [4.78, 5) is 23.3. The molecule has 0 aromatic heterocycles. The third kappa shape index (κ3) is 9.15. The third-order valence-electron chi connectivity index (χ3n) is 5.65. The van der Waals surface area contributed by atoms with E-state index in [0.29, 0.717) is 22.6 Å². The number of allylic oxidation sites excluding steroid dienone is 2. The lowest BCUT2D eigenvalue weighted by Crippen LogP contribution is -2.21. The zero-order chi connectivity index (χ0) is 26.0. The first-order valence-electron chi connectivity index (χ1n) is 11.8. The summed E-state index contributed by atoms with van der Waals surface area (Å²) in [5.74, 6) is 1.08. The molecule has 0 amide bonds. The molecule has 6 nitrogen and oxygen atoms in total. The molecule has 0 aliphatic carbocycles. The van der Waals surface area contributed by atoms with Crippen molar-refractivity contribution < 1.29 is 29.3 Å². The van der Waals surface area contributed by atoms with Crippen LogP contribution in [0.5, 0.6) is 11.5 Å². The van der Waals surface area contributed by atoms with Gasteiger partial charge in [0, 0.05) is 18.8 Å². The molecule has 2 atom stereocenters. The van der Waals surface area contributed by atoms with Crippen LogP contribution in [0, 0.1) is 0 Å². The first-order chi connectivity index (χ1) is 16.6. The fourth-order valence-electron chi connectivity index (χ4n) is 3.54. The average molecular weight is 481 g/mol. The van der Waals surface area contributed by atoms with Gasteiger partial charge in [0.25, 0.3) is 0 Å². The second-order valence-corrected chi connectivity index (χ2v) is 8.84. The Morgan fingerprint density at radius 2 is 1.09 bits per heavy atom. The van der Waals surface area contributed by atoms with E-state index < -0.39 is 12.2 Å². The summed E-state index contributed by atoms with van der Waals surface area (Å²) in [5.41, 5.74) is 3.10. The summed E-state index contributed by atoms with van der Waals surface area (Å²) in [7, 11) is 0. The molecule has 0 spiro atoms. The number of rotatable bonds is 15. The van der Waals surface area contributed by atoms with Crippen molar-refractivity contribution in [3.8, 4) is 11.5 Å². The number of ketones is 2. The molecular weight excluding hydrogens is 444 g/mol. The van der Waals surface area contributed by atoms with E-state index in [1.54, 1.807) is 13.8 Å². The number of carbonyl (C=O) groups is 2. The molecule has 0 heterocycles. The Balaban J connectivity index is 1.92. The number of aliphatic hydroxyl groups excluding tert-OH is 2. The normalized spacial score (nSPS) is 13.4. The van der Waals surface area contributed by atoms with E-state index in [-0.39, 0.29) is 43.5 Å². The maximum Gasteiger partial charge on any atom is 0.160 e. The maximum absolute atomic E-state index is 11.7. The summed E-state index contributed by atoms with van der Waals surface area (Å²) < 4.78 is 11.3. The van der Waals surface area contributed by atoms with Crippen LogP contribution >= 0.6 is 0 Å². The topological polar surface area (TPSA) is 93.1 Å². The Bertz CT molecular complexity index is 925. The van der Waals surface area contributed by atoms with Crippen LogP contribution in [0.2, 0.25) is 0 Å². The summed E-state index contributed by atoms with van der Waals surface area (Å²) >= 11 is 0. The molecule has 0 radical (unpaired) electrons. The minimum atomic E-state index is -0.879. The van der Waals surface area contributed by atoms with Crippen LogP contribution in [-0.2, 0) is 9.59 Å². The molecule has 0 saturated carbocycles. The fourth-order valence-corrected chi connectivity index (χ4v) is 3.54. The zero-order valence-corrected chi connectivity index (χ0v) is 20.8. The Labute approximate surface area is 207 Å². The molecule has 2 unspecified atom stereocenters. The molecule has 2 N–H and O–H groups in total. The maximum atomic E-state index is 11.7. The lowest BCUT2D eigenvalue weighted by Gasteiger charge is -2.18. The summed E-state index contributed by atoms with van der Waals surface area (Å²) in [6, 6.07) is 15.4. The summed E-state index contributed by atoms with van der Waals surface area (Å²) in [5, 5.41) is 20.0. The minimum Gasteiger partial charge on any atom is -0.491 e. The smallest absolute Gasteiger partial charge is 0.160 e. The first kappa shape index (κ1) is 28.0. The van der Waals surface area contributed by atoms with Gasteiger partial charge in [-0.2, -0.15) is 0 Å². The molecule has 6 heteroatoms. The van der Waals surface area contributed by atoms with E-state index >= 15 is 0 Å². The molecule has 35 heavy (non-hydrogen) atoms. The van der Waals surface area contributed by atoms with Crippen LogP contribution in [-0.4, -0.2) is 47.2 Å². The van der Waals surface area contributed by atoms with Crippen molar-refractivity contribution in [2.45, 2.75) is 58.2 Å². The predicted molar refractivity (Wildman–Crippen MR) is 137 cm³/mol. The van der Waals surface area contributed by atoms with Crippen LogP contribution in [0.25, 0.3) is 0 Å². The van der Waals surface area contributed by atoms with Gasteiger partial charge in [-0.05, 0) is 66.8 Å². The molecule has 0 saturated heterocycles. The van der Waals surface area contributed by atoms with E-state index in [2.05, 4.69) is 20.1 Å². The lowest BCUT2D eigenvalue weighted by molar-refractivity contribution is -0.118. The molecule has 0 fully saturated rings. The van der Waals surface area contributed by atoms with Crippen molar-refractivity contribution in [3.63, 3.8) is 0 Å². The van der Waals surface area contributed by atoms with Crippen molar-refractivity contribution in [3.05, 3.63) is 84.0 Å². The highest BCUT2D eigenvalue weighted by Crippen LogP contribution is 2.30. The SMILES string of the molecule is C=C(C)C(=O)CC(O)COc1ccc(C(CC)c2ccc(OCC(O)CC(=O)C(=C)C)cc2)cc1. The Kier molecular flexibility index (Phi) is 10.9. The standard InChI is InChI=1S/C29H36O6/c1-6-27(21-7-11-25(12-8-21)34-17-23(30)15-28(32)19(2)3)22-9-13-26(14-10-22)35-18-24(31)16-29(33)20(4)5/h7-14,23-24,27,30-31H,2,4,6,15-18H2,1,3,5H3. The van der Waals surface area contributed by atoms with E-state index in [0.717, 1.165) is 17.5 Å². The lowest BCUT2D eigenvalue weighted by atomic mass is 9.89. The second-order valence-electron chi connectivity index (χ2n) is 8.84. The summed E-state index contributed by atoms with van der Waals surface area (Å²) in [6.45, 7) is 12.6. The number of Topliss-reactive ketones (excluding diaryl/α,β-unsaturated/α-hetero) is 2. The summed E-state index contributed by atoms with van der Waals surface area (Å²) in [6.07, 6.45) is -0.872. The van der Waals surface area contributed by atoms with E-state index in [9.17, 15) is 19.8 Å². The number of aliphatic hydroxyl groups is 2. The number of hydrogen-bond donors (Lipinski definition) is 2. The highest BCUT2D eigenvalue weighted by molar-refractivity contribution is 5.94.